The van der Waals surface area contributed by atoms with Gasteiger partial charge in [-0.1, -0.05) is 12.1 Å². The van der Waals surface area contributed by atoms with Crippen molar-refractivity contribution in [2.45, 2.75) is 34.2 Å². The lowest BCUT2D eigenvalue weighted by molar-refractivity contribution is -0.123. The molecule has 1 N–H and O–H groups in total. The van der Waals surface area contributed by atoms with Crippen LogP contribution in [0, 0.1) is 27.7 Å². The van der Waals surface area contributed by atoms with Crippen molar-refractivity contribution in [3.05, 3.63) is 50.7 Å². The van der Waals surface area contributed by atoms with Crippen molar-refractivity contribution in [3.63, 3.8) is 0 Å². The van der Waals surface area contributed by atoms with Gasteiger partial charge in [-0.25, -0.2) is 0 Å². The van der Waals surface area contributed by atoms with Gasteiger partial charge in [-0.2, -0.15) is 0 Å². The number of carbonyl (C=O) groups excluding carboxylic acids is 1. The van der Waals surface area contributed by atoms with Crippen molar-refractivity contribution in [1.82, 2.24) is 5.32 Å². The quantitative estimate of drug-likeness (QED) is 0.915. The van der Waals surface area contributed by atoms with Gasteiger partial charge in [-0.3, -0.25) is 4.79 Å². The lowest BCUT2D eigenvalue weighted by atomic mass is 10.1. The minimum atomic E-state index is -0.0980. The van der Waals surface area contributed by atoms with Crippen LogP contribution in [-0.4, -0.2) is 12.5 Å². The average Bonchev–Trinajstić information content (AvgIpc) is 2.78. The molecule has 0 fully saturated rings. The van der Waals surface area contributed by atoms with E-state index in [1.54, 1.807) is 11.3 Å². The van der Waals surface area contributed by atoms with Gasteiger partial charge in [0.15, 0.2) is 6.61 Å². The highest BCUT2D eigenvalue weighted by atomic mass is 32.1. The van der Waals surface area contributed by atoms with E-state index in [1.165, 1.54) is 16.0 Å². The van der Waals surface area contributed by atoms with Gasteiger partial charge >= 0.3 is 0 Å². The monoisotopic (exact) mass is 303 g/mol. The summed E-state index contributed by atoms with van der Waals surface area (Å²) in [5, 5.41) is 4.99. The fourth-order valence-electron chi connectivity index (χ4n) is 2.01. The highest BCUT2D eigenvalue weighted by Crippen LogP contribution is 2.21. The number of benzene rings is 1. The Morgan fingerprint density at radius 3 is 2.62 bits per heavy atom. The first-order valence-electron chi connectivity index (χ1n) is 6.98. The Kier molecular flexibility index (Phi) is 5.02. The summed E-state index contributed by atoms with van der Waals surface area (Å²) in [6.07, 6.45) is 0. The van der Waals surface area contributed by atoms with Crippen molar-refractivity contribution in [2.24, 2.45) is 0 Å². The molecule has 2 aromatic rings. The molecule has 0 radical (unpaired) electrons. The van der Waals surface area contributed by atoms with Gasteiger partial charge in [-0.05, 0) is 61.4 Å². The summed E-state index contributed by atoms with van der Waals surface area (Å²) in [5.41, 5.74) is 4.68. The molecule has 0 bridgehead atoms. The molecule has 4 heteroatoms. The predicted molar refractivity (Wildman–Crippen MR) is 87.1 cm³/mol. The van der Waals surface area contributed by atoms with Gasteiger partial charge in [0.25, 0.3) is 5.91 Å². The summed E-state index contributed by atoms with van der Waals surface area (Å²) < 4.78 is 5.59. The Morgan fingerprint density at radius 2 is 1.95 bits per heavy atom. The third-order valence-corrected chi connectivity index (χ3v) is 4.84. The van der Waals surface area contributed by atoms with Crippen LogP contribution >= 0.6 is 11.3 Å². The summed E-state index contributed by atoms with van der Waals surface area (Å²) in [5.74, 6) is 0.673. The van der Waals surface area contributed by atoms with Crippen LogP contribution in [0.1, 0.15) is 27.1 Å². The number of hydrogen-bond donors (Lipinski definition) is 1. The third-order valence-electron chi connectivity index (χ3n) is 3.78. The van der Waals surface area contributed by atoms with Crippen LogP contribution in [0.15, 0.2) is 23.6 Å². The maximum atomic E-state index is 11.9. The molecule has 0 aliphatic carbocycles. The first kappa shape index (κ1) is 15.6. The maximum Gasteiger partial charge on any atom is 0.258 e. The lowest BCUT2D eigenvalue weighted by Crippen LogP contribution is -2.28. The van der Waals surface area contributed by atoms with Crippen molar-refractivity contribution < 1.29 is 9.53 Å². The molecule has 2 rings (SSSR count). The summed E-state index contributed by atoms with van der Waals surface area (Å²) in [6, 6.07) is 5.86. The zero-order chi connectivity index (χ0) is 15.4. The Morgan fingerprint density at radius 1 is 1.19 bits per heavy atom. The van der Waals surface area contributed by atoms with Crippen LogP contribution in [0.5, 0.6) is 5.75 Å². The van der Waals surface area contributed by atoms with Gasteiger partial charge in [0.05, 0.1) is 0 Å². The van der Waals surface area contributed by atoms with Crippen LogP contribution in [-0.2, 0) is 11.3 Å². The van der Waals surface area contributed by atoms with Crippen molar-refractivity contribution in [3.8, 4) is 5.75 Å². The molecule has 1 heterocycles. The van der Waals surface area contributed by atoms with Crippen LogP contribution in [0.25, 0.3) is 0 Å². The predicted octanol–water partition coefficient (Wildman–Crippen LogP) is 3.68. The first-order chi connectivity index (χ1) is 9.99. The maximum absolute atomic E-state index is 11.9. The van der Waals surface area contributed by atoms with Crippen LogP contribution in [0.3, 0.4) is 0 Å². The first-order valence-corrected chi connectivity index (χ1v) is 7.86. The van der Waals surface area contributed by atoms with Gasteiger partial charge in [0.2, 0.25) is 0 Å². The van der Waals surface area contributed by atoms with Crippen LogP contribution in [0.2, 0.25) is 0 Å². The molecule has 112 valence electrons. The number of thiophene rings is 1. The summed E-state index contributed by atoms with van der Waals surface area (Å²) in [6.45, 7) is 8.82. The highest BCUT2D eigenvalue weighted by Gasteiger charge is 2.08. The molecule has 0 aliphatic rings. The SMILES string of the molecule is Cc1cccc(OCC(=O)NCc2csc(C)c2C)c1C. The number of rotatable bonds is 5. The summed E-state index contributed by atoms with van der Waals surface area (Å²) >= 11 is 1.71. The lowest BCUT2D eigenvalue weighted by Gasteiger charge is -2.11. The molecule has 0 spiro atoms. The smallest absolute Gasteiger partial charge is 0.258 e. The molecule has 21 heavy (non-hydrogen) atoms. The molecule has 1 aromatic carbocycles. The summed E-state index contributed by atoms with van der Waals surface area (Å²) in [7, 11) is 0. The van der Waals surface area contributed by atoms with Gasteiger partial charge in [0, 0.05) is 11.4 Å². The molecule has 1 aromatic heterocycles. The van der Waals surface area contributed by atoms with E-state index in [0.29, 0.717) is 6.54 Å². The van der Waals surface area contributed by atoms with Crippen LogP contribution < -0.4 is 10.1 Å². The zero-order valence-corrected chi connectivity index (χ0v) is 13.8. The number of aryl methyl sites for hydroxylation is 2. The minimum Gasteiger partial charge on any atom is -0.483 e. The minimum absolute atomic E-state index is 0.0481. The Labute approximate surface area is 130 Å². The molecule has 1 amide bonds. The average molecular weight is 303 g/mol. The van der Waals surface area contributed by atoms with E-state index in [-0.39, 0.29) is 12.5 Å². The number of carbonyl (C=O) groups is 1. The van der Waals surface area contributed by atoms with E-state index in [2.05, 4.69) is 24.5 Å². The fourth-order valence-corrected chi connectivity index (χ4v) is 2.89. The van der Waals surface area contributed by atoms with Crippen molar-refractivity contribution in [2.75, 3.05) is 6.61 Å². The molecular formula is C17H21NO2S. The number of ether oxygens (including phenoxy) is 1. The van der Waals surface area contributed by atoms with Gasteiger partial charge < -0.3 is 10.1 Å². The van der Waals surface area contributed by atoms with E-state index in [1.807, 2.05) is 32.0 Å². The Balaban J connectivity index is 1.85. The van der Waals surface area contributed by atoms with Crippen LogP contribution in [0.4, 0.5) is 0 Å². The highest BCUT2D eigenvalue weighted by molar-refractivity contribution is 7.10. The number of nitrogens with one attached hydrogen (secondary N) is 1. The van der Waals surface area contributed by atoms with E-state index in [0.717, 1.165) is 16.9 Å². The molecular weight excluding hydrogens is 282 g/mol. The molecule has 0 saturated heterocycles. The molecule has 0 saturated carbocycles. The van der Waals surface area contributed by atoms with E-state index < -0.39 is 0 Å². The zero-order valence-electron chi connectivity index (χ0n) is 12.9. The van der Waals surface area contributed by atoms with E-state index >= 15 is 0 Å². The van der Waals surface area contributed by atoms with Crippen molar-refractivity contribution >= 4 is 17.2 Å². The molecule has 0 unspecified atom stereocenters. The molecule has 0 aliphatic heterocycles. The number of hydrogen-bond acceptors (Lipinski definition) is 3. The largest absolute Gasteiger partial charge is 0.483 e. The summed E-state index contributed by atoms with van der Waals surface area (Å²) in [4.78, 5) is 13.2. The van der Waals surface area contributed by atoms with E-state index in [9.17, 15) is 4.79 Å². The second-order valence-electron chi connectivity index (χ2n) is 5.21. The third kappa shape index (κ3) is 3.85. The Bertz CT molecular complexity index is 646. The van der Waals surface area contributed by atoms with Crippen molar-refractivity contribution in [1.29, 1.82) is 0 Å². The standard InChI is InChI=1S/C17H21NO2S/c1-11-6-5-7-16(12(11)2)20-9-17(19)18-8-15-10-21-14(4)13(15)3/h5-7,10H,8-9H2,1-4H3,(H,18,19). The normalized spacial score (nSPS) is 10.5. The van der Waals surface area contributed by atoms with Gasteiger partial charge in [0.1, 0.15) is 5.75 Å². The van der Waals surface area contributed by atoms with Gasteiger partial charge in [-0.15, -0.1) is 11.3 Å². The molecule has 3 nitrogen and oxygen atoms in total. The second-order valence-corrected chi connectivity index (χ2v) is 6.29. The number of amides is 1. The van der Waals surface area contributed by atoms with E-state index in [4.69, 9.17) is 4.74 Å². The fraction of sp³-hybridized carbons (Fsp3) is 0.353. The second kappa shape index (κ2) is 6.76. The molecule has 0 atom stereocenters. The Hall–Kier alpha value is -1.81. The topological polar surface area (TPSA) is 38.3 Å².